The molecule has 0 unspecified atom stereocenters. The van der Waals surface area contributed by atoms with E-state index in [2.05, 4.69) is 14.8 Å². The number of sulfonamides is 1. The third kappa shape index (κ3) is 4.98. The molecule has 2 N–H and O–H groups in total. The number of aryl methyl sites for hydroxylation is 2. The van der Waals surface area contributed by atoms with Gasteiger partial charge in [0.05, 0.1) is 7.11 Å². The Morgan fingerprint density at radius 3 is 2.36 bits per heavy atom. The largest absolute Gasteiger partial charge is 0.465 e. The van der Waals surface area contributed by atoms with E-state index >= 15 is 0 Å². The SMILES string of the molecule is CCCNCCNS(=O)(=O)c1c(C)oc(C)c1C(=O)OC.Cl. The zero-order chi connectivity index (χ0) is 16.0. The highest BCUT2D eigenvalue weighted by atomic mass is 35.5. The van der Waals surface area contributed by atoms with Crippen molar-refractivity contribution in [1.29, 1.82) is 0 Å². The van der Waals surface area contributed by atoms with E-state index in [1.165, 1.54) is 21.0 Å². The van der Waals surface area contributed by atoms with E-state index in [1.54, 1.807) is 0 Å². The Balaban J connectivity index is 0.00000441. The predicted molar refractivity (Wildman–Crippen MR) is 85.1 cm³/mol. The molecule has 0 aliphatic rings. The second kappa shape index (κ2) is 9.14. The average Bonchev–Trinajstić information content (AvgIpc) is 2.73. The summed E-state index contributed by atoms with van der Waals surface area (Å²) in [5.74, 6) is -0.334. The summed E-state index contributed by atoms with van der Waals surface area (Å²) in [6, 6.07) is 0. The van der Waals surface area contributed by atoms with Gasteiger partial charge in [-0.15, -0.1) is 12.4 Å². The van der Waals surface area contributed by atoms with Crippen molar-refractivity contribution in [2.75, 3.05) is 26.7 Å². The number of carbonyl (C=O) groups excluding carboxylic acids is 1. The van der Waals surface area contributed by atoms with Crippen molar-refractivity contribution in [3.8, 4) is 0 Å². The maximum Gasteiger partial charge on any atom is 0.342 e. The Bertz CT molecular complexity index is 598. The van der Waals surface area contributed by atoms with Crippen LogP contribution in [0.5, 0.6) is 0 Å². The molecule has 1 aromatic rings. The molecule has 9 heteroatoms. The van der Waals surface area contributed by atoms with Crippen molar-refractivity contribution in [3.05, 3.63) is 17.1 Å². The van der Waals surface area contributed by atoms with Crippen LogP contribution in [-0.4, -0.2) is 41.1 Å². The number of hydrogen-bond donors (Lipinski definition) is 2. The lowest BCUT2D eigenvalue weighted by molar-refractivity contribution is 0.0595. The molecule has 0 aliphatic carbocycles. The zero-order valence-electron chi connectivity index (χ0n) is 13.2. The molecular formula is C13H23ClN2O5S. The Hall–Kier alpha value is -1.09. The molecule has 0 fully saturated rings. The van der Waals surface area contributed by atoms with E-state index in [9.17, 15) is 13.2 Å². The summed E-state index contributed by atoms with van der Waals surface area (Å²) in [7, 11) is -2.63. The van der Waals surface area contributed by atoms with Crippen molar-refractivity contribution in [3.63, 3.8) is 0 Å². The van der Waals surface area contributed by atoms with Crippen LogP contribution < -0.4 is 10.0 Å². The number of ether oxygens (including phenoxy) is 1. The first-order valence-corrected chi connectivity index (χ1v) is 8.22. The summed E-state index contributed by atoms with van der Waals surface area (Å²) in [4.78, 5) is 11.6. The molecule has 128 valence electrons. The van der Waals surface area contributed by atoms with Gasteiger partial charge >= 0.3 is 5.97 Å². The summed E-state index contributed by atoms with van der Waals surface area (Å²) in [5, 5.41) is 3.09. The van der Waals surface area contributed by atoms with Gasteiger partial charge in [-0.1, -0.05) is 6.92 Å². The fourth-order valence-electron chi connectivity index (χ4n) is 1.97. The highest BCUT2D eigenvalue weighted by molar-refractivity contribution is 7.89. The minimum Gasteiger partial charge on any atom is -0.465 e. The van der Waals surface area contributed by atoms with Crippen LogP contribution in [0.25, 0.3) is 0 Å². The van der Waals surface area contributed by atoms with E-state index in [4.69, 9.17) is 4.42 Å². The van der Waals surface area contributed by atoms with Crippen LogP contribution in [0.2, 0.25) is 0 Å². The number of hydrogen-bond acceptors (Lipinski definition) is 6. The second-order valence-corrected chi connectivity index (χ2v) is 6.26. The summed E-state index contributed by atoms with van der Waals surface area (Å²) >= 11 is 0. The maximum atomic E-state index is 12.3. The molecule has 0 atom stereocenters. The van der Waals surface area contributed by atoms with Gasteiger partial charge in [0.1, 0.15) is 22.0 Å². The van der Waals surface area contributed by atoms with E-state index in [1.807, 2.05) is 6.92 Å². The molecule has 1 rings (SSSR count). The predicted octanol–water partition coefficient (Wildman–Crippen LogP) is 1.38. The Morgan fingerprint density at radius 1 is 1.18 bits per heavy atom. The quantitative estimate of drug-likeness (QED) is 0.540. The van der Waals surface area contributed by atoms with Crippen molar-refractivity contribution in [2.45, 2.75) is 32.1 Å². The first-order valence-electron chi connectivity index (χ1n) is 6.73. The minimum atomic E-state index is -3.83. The first kappa shape index (κ1) is 20.9. The van der Waals surface area contributed by atoms with Gasteiger partial charge < -0.3 is 14.5 Å². The molecule has 22 heavy (non-hydrogen) atoms. The zero-order valence-corrected chi connectivity index (χ0v) is 14.8. The smallest absolute Gasteiger partial charge is 0.342 e. The standard InChI is InChI=1S/C13H22N2O5S.ClH/c1-5-6-14-7-8-15-21(17,18)12-10(3)20-9(2)11(12)13(16)19-4;/h14-15H,5-8H2,1-4H3;1H. The Morgan fingerprint density at radius 2 is 1.82 bits per heavy atom. The number of methoxy groups -OCH3 is 1. The second-order valence-electron chi connectivity index (χ2n) is 4.56. The van der Waals surface area contributed by atoms with E-state index in [-0.39, 0.29) is 40.9 Å². The normalized spacial score (nSPS) is 11.1. The fraction of sp³-hybridized carbons (Fsp3) is 0.615. The number of carbonyl (C=O) groups is 1. The molecule has 0 aromatic carbocycles. The molecule has 0 amide bonds. The Kier molecular flexibility index (Phi) is 8.69. The van der Waals surface area contributed by atoms with Crippen molar-refractivity contribution in [2.24, 2.45) is 0 Å². The topological polar surface area (TPSA) is 97.6 Å². The average molecular weight is 355 g/mol. The van der Waals surface area contributed by atoms with Crippen LogP contribution in [0.3, 0.4) is 0 Å². The minimum absolute atomic E-state index is 0. The van der Waals surface area contributed by atoms with Crippen molar-refractivity contribution in [1.82, 2.24) is 10.0 Å². The molecule has 0 saturated carbocycles. The summed E-state index contributed by atoms with van der Waals surface area (Å²) in [6.45, 7) is 6.62. The molecule has 0 aliphatic heterocycles. The lowest BCUT2D eigenvalue weighted by Crippen LogP contribution is -2.33. The number of esters is 1. The van der Waals surface area contributed by atoms with Crippen molar-refractivity contribution >= 4 is 28.4 Å². The van der Waals surface area contributed by atoms with E-state index < -0.39 is 16.0 Å². The third-order valence-corrected chi connectivity index (χ3v) is 4.50. The molecular weight excluding hydrogens is 332 g/mol. The molecule has 0 radical (unpaired) electrons. The van der Waals surface area contributed by atoms with Crippen molar-refractivity contribution < 1.29 is 22.4 Å². The van der Waals surface area contributed by atoms with E-state index in [0.717, 1.165) is 13.0 Å². The van der Waals surface area contributed by atoms with Gasteiger partial charge in [-0.25, -0.2) is 17.9 Å². The van der Waals surface area contributed by atoms with E-state index in [0.29, 0.717) is 6.54 Å². The van der Waals surface area contributed by atoms with Crippen LogP contribution in [0.1, 0.15) is 35.2 Å². The fourth-order valence-corrected chi connectivity index (χ4v) is 3.40. The van der Waals surface area contributed by atoms with Gasteiger partial charge in [0.2, 0.25) is 10.0 Å². The summed E-state index contributed by atoms with van der Waals surface area (Å²) in [5.41, 5.74) is -0.0518. The molecule has 0 saturated heterocycles. The van der Waals surface area contributed by atoms with Gasteiger partial charge in [0, 0.05) is 13.1 Å². The van der Waals surface area contributed by atoms with Gasteiger partial charge in [-0.05, 0) is 26.8 Å². The summed E-state index contributed by atoms with van der Waals surface area (Å²) < 4.78 is 37.0. The highest BCUT2D eigenvalue weighted by Gasteiger charge is 2.31. The number of furan rings is 1. The number of rotatable bonds is 8. The third-order valence-electron chi connectivity index (χ3n) is 2.88. The summed E-state index contributed by atoms with van der Waals surface area (Å²) in [6.07, 6.45) is 0.972. The number of nitrogens with one attached hydrogen (secondary N) is 2. The van der Waals surface area contributed by atoms with Crippen LogP contribution in [0.4, 0.5) is 0 Å². The first-order chi connectivity index (χ1) is 9.85. The monoisotopic (exact) mass is 354 g/mol. The van der Waals surface area contributed by atoms with Gasteiger partial charge in [-0.2, -0.15) is 0 Å². The highest BCUT2D eigenvalue weighted by Crippen LogP contribution is 2.26. The lowest BCUT2D eigenvalue weighted by Gasteiger charge is -2.08. The van der Waals surface area contributed by atoms with Gasteiger partial charge in [-0.3, -0.25) is 0 Å². The van der Waals surface area contributed by atoms with Crippen LogP contribution in [0, 0.1) is 13.8 Å². The molecule has 1 aromatic heterocycles. The van der Waals surface area contributed by atoms with Crippen LogP contribution >= 0.6 is 12.4 Å². The Labute approximate surface area is 137 Å². The lowest BCUT2D eigenvalue weighted by atomic mass is 10.2. The number of halogens is 1. The maximum absolute atomic E-state index is 12.3. The van der Waals surface area contributed by atoms with Gasteiger partial charge in [0.15, 0.2) is 0 Å². The molecule has 7 nitrogen and oxygen atoms in total. The molecule has 1 heterocycles. The van der Waals surface area contributed by atoms with Gasteiger partial charge in [0.25, 0.3) is 0 Å². The molecule has 0 spiro atoms. The van der Waals surface area contributed by atoms with Crippen LogP contribution in [0.15, 0.2) is 9.31 Å². The molecule has 0 bridgehead atoms. The van der Waals surface area contributed by atoms with Crippen LogP contribution in [-0.2, 0) is 14.8 Å².